The number of thiazole rings is 1. The number of anilines is 1. The van der Waals surface area contributed by atoms with Gasteiger partial charge >= 0.3 is 0 Å². The zero-order chi connectivity index (χ0) is 22.1. The van der Waals surface area contributed by atoms with Gasteiger partial charge < -0.3 is 4.74 Å². The molecule has 0 radical (unpaired) electrons. The highest BCUT2D eigenvalue weighted by Gasteiger charge is 2.27. The molecule has 0 saturated heterocycles. The van der Waals surface area contributed by atoms with Crippen LogP contribution >= 0.6 is 11.3 Å². The van der Waals surface area contributed by atoms with Crippen LogP contribution in [0.4, 0.5) is 5.13 Å². The molecular formula is C23H25N5O2S. The maximum absolute atomic E-state index is 13.8. The average Bonchev–Trinajstić information content (AvgIpc) is 3.37. The molecule has 160 valence electrons. The second-order valence-electron chi connectivity index (χ2n) is 7.72. The molecule has 4 rings (SSSR count). The molecule has 31 heavy (non-hydrogen) atoms. The van der Waals surface area contributed by atoms with Gasteiger partial charge in [0.05, 0.1) is 24.0 Å². The van der Waals surface area contributed by atoms with Crippen molar-refractivity contribution in [2.75, 3.05) is 12.0 Å². The van der Waals surface area contributed by atoms with Crippen LogP contribution in [0.25, 0.3) is 10.2 Å². The molecule has 0 aliphatic heterocycles. The van der Waals surface area contributed by atoms with Gasteiger partial charge in [-0.2, -0.15) is 5.10 Å². The lowest BCUT2D eigenvalue weighted by atomic mass is 10.2. The molecule has 0 bridgehead atoms. The minimum absolute atomic E-state index is 0.0607. The Kier molecular flexibility index (Phi) is 5.73. The number of hydrogen-bond donors (Lipinski definition) is 0. The van der Waals surface area contributed by atoms with Crippen molar-refractivity contribution < 1.29 is 9.53 Å². The van der Waals surface area contributed by atoms with Crippen LogP contribution in [0.15, 0.2) is 42.7 Å². The molecule has 0 aliphatic rings. The van der Waals surface area contributed by atoms with Gasteiger partial charge in [0.25, 0.3) is 5.91 Å². The van der Waals surface area contributed by atoms with E-state index in [1.165, 1.54) is 11.3 Å². The summed E-state index contributed by atoms with van der Waals surface area (Å²) in [5.74, 6) is 0.550. The van der Waals surface area contributed by atoms with Gasteiger partial charge in [-0.3, -0.25) is 19.4 Å². The van der Waals surface area contributed by atoms with Gasteiger partial charge in [0.1, 0.15) is 17.0 Å². The average molecular weight is 436 g/mol. The lowest BCUT2D eigenvalue weighted by Crippen LogP contribution is -2.32. The number of carbonyl (C=O) groups is 1. The summed E-state index contributed by atoms with van der Waals surface area (Å²) >= 11 is 1.49. The summed E-state index contributed by atoms with van der Waals surface area (Å²) in [5, 5.41) is 5.13. The number of aryl methyl sites for hydroxylation is 2. The number of methoxy groups -OCH3 is 1. The van der Waals surface area contributed by atoms with Gasteiger partial charge in [-0.15, -0.1) is 0 Å². The third-order valence-electron chi connectivity index (χ3n) is 5.02. The fourth-order valence-electron chi connectivity index (χ4n) is 3.49. The molecule has 0 N–H and O–H groups in total. The Morgan fingerprint density at radius 3 is 2.74 bits per heavy atom. The van der Waals surface area contributed by atoms with E-state index in [1.54, 1.807) is 29.1 Å². The van der Waals surface area contributed by atoms with Gasteiger partial charge in [-0.1, -0.05) is 23.5 Å². The molecule has 7 nitrogen and oxygen atoms in total. The summed E-state index contributed by atoms with van der Waals surface area (Å²) in [6.07, 6.45) is 3.49. The monoisotopic (exact) mass is 435 g/mol. The maximum Gasteiger partial charge on any atom is 0.278 e. The molecule has 0 unspecified atom stereocenters. The maximum atomic E-state index is 13.8. The summed E-state index contributed by atoms with van der Waals surface area (Å²) in [6.45, 7) is 8.32. The van der Waals surface area contributed by atoms with E-state index in [2.05, 4.69) is 10.1 Å². The van der Waals surface area contributed by atoms with Crippen LogP contribution < -0.4 is 9.64 Å². The van der Waals surface area contributed by atoms with Crippen LogP contribution in [0.5, 0.6) is 5.75 Å². The van der Waals surface area contributed by atoms with Crippen LogP contribution in [0.3, 0.4) is 0 Å². The van der Waals surface area contributed by atoms with Crippen molar-refractivity contribution in [1.29, 1.82) is 0 Å². The Labute approximate surface area is 185 Å². The summed E-state index contributed by atoms with van der Waals surface area (Å²) in [6, 6.07) is 9.63. The van der Waals surface area contributed by atoms with Crippen molar-refractivity contribution in [3.8, 4) is 5.75 Å². The largest absolute Gasteiger partial charge is 0.494 e. The third-order valence-corrected chi connectivity index (χ3v) is 6.23. The highest BCUT2D eigenvalue weighted by molar-refractivity contribution is 7.22. The SMILES string of the molecule is COc1ccc(C)c2sc(N(Cc3cccnc3)C(=O)c3cc(C)nn3C(C)C)nc12. The Hall–Kier alpha value is -3.26. The smallest absolute Gasteiger partial charge is 0.278 e. The third kappa shape index (κ3) is 4.03. The molecule has 0 spiro atoms. The van der Waals surface area contributed by atoms with Crippen LogP contribution in [0.1, 0.15) is 47.2 Å². The fraction of sp³-hybridized carbons (Fsp3) is 0.304. The van der Waals surface area contributed by atoms with E-state index >= 15 is 0 Å². The van der Waals surface area contributed by atoms with Gasteiger partial charge in [-0.25, -0.2) is 4.98 Å². The van der Waals surface area contributed by atoms with E-state index in [1.807, 2.05) is 58.0 Å². The quantitative estimate of drug-likeness (QED) is 0.429. The molecule has 0 fully saturated rings. The van der Waals surface area contributed by atoms with Crippen LogP contribution in [-0.4, -0.2) is 32.8 Å². The molecule has 0 atom stereocenters. The first-order valence-electron chi connectivity index (χ1n) is 10.1. The number of benzene rings is 1. The first-order chi connectivity index (χ1) is 14.9. The molecule has 4 aromatic rings. The van der Waals surface area contributed by atoms with E-state index in [4.69, 9.17) is 9.72 Å². The number of hydrogen-bond acceptors (Lipinski definition) is 6. The number of pyridine rings is 1. The predicted molar refractivity (Wildman–Crippen MR) is 123 cm³/mol. The molecule has 1 amide bonds. The van der Waals surface area contributed by atoms with Crippen LogP contribution in [0.2, 0.25) is 0 Å². The zero-order valence-electron chi connectivity index (χ0n) is 18.3. The normalized spacial score (nSPS) is 11.3. The highest BCUT2D eigenvalue weighted by atomic mass is 32.1. The first kappa shape index (κ1) is 21.0. The lowest BCUT2D eigenvalue weighted by molar-refractivity contribution is 0.0973. The van der Waals surface area contributed by atoms with Gasteiger partial charge in [0, 0.05) is 18.4 Å². The molecule has 1 aromatic carbocycles. The molecule has 0 aliphatic carbocycles. The summed E-state index contributed by atoms with van der Waals surface area (Å²) < 4.78 is 8.29. The Morgan fingerprint density at radius 2 is 2.06 bits per heavy atom. The van der Waals surface area contributed by atoms with Crippen LogP contribution in [0, 0.1) is 13.8 Å². The Morgan fingerprint density at radius 1 is 1.26 bits per heavy atom. The number of ether oxygens (including phenoxy) is 1. The lowest BCUT2D eigenvalue weighted by Gasteiger charge is -2.21. The van der Waals surface area contributed by atoms with Crippen molar-refractivity contribution in [2.24, 2.45) is 0 Å². The summed E-state index contributed by atoms with van der Waals surface area (Å²) in [7, 11) is 1.63. The minimum Gasteiger partial charge on any atom is -0.494 e. The Bertz CT molecular complexity index is 1230. The van der Waals surface area contributed by atoms with Crippen molar-refractivity contribution in [1.82, 2.24) is 19.7 Å². The molecule has 8 heteroatoms. The number of aromatic nitrogens is 4. The zero-order valence-corrected chi connectivity index (χ0v) is 19.1. The Balaban J connectivity index is 1.85. The van der Waals surface area contributed by atoms with Gasteiger partial charge in [0.2, 0.25) is 0 Å². The molecular weight excluding hydrogens is 410 g/mol. The minimum atomic E-state index is -0.145. The standard InChI is InChI=1S/C23H25N5O2S/c1-14(2)28-18(11-16(4)26-28)22(29)27(13-17-7-6-10-24-12-17)23-25-20-19(30-5)9-8-15(3)21(20)31-23/h6-12,14H,13H2,1-5H3. The predicted octanol–water partition coefficient (Wildman–Crippen LogP) is 4.94. The van der Waals surface area contributed by atoms with Crippen LogP contribution in [-0.2, 0) is 6.54 Å². The second kappa shape index (κ2) is 8.47. The summed E-state index contributed by atoms with van der Waals surface area (Å²) in [5.41, 5.74) is 4.13. The number of rotatable bonds is 6. The van der Waals surface area contributed by atoms with E-state index < -0.39 is 0 Å². The van der Waals surface area contributed by atoms with E-state index in [0.717, 1.165) is 27.0 Å². The number of amides is 1. The van der Waals surface area contributed by atoms with E-state index in [-0.39, 0.29) is 11.9 Å². The van der Waals surface area contributed by atoms with E-state index in [9.17, 15) is 4.79 Å². The number of fused-ring (bicyclic) bond motifs is 1. The number of nitrogens with zero attached hydrogens (tertiary/aromatic N) is 5. The summed E-state index contributed by atoms with van der Waals surface area (Å²) in [4.78, 5) is 24.5. The van der Waals surface area contributed by atoms with Gasteiger partial charge in [0.15, 0.2) is 5.13 Å². The van der Waals surface area contributed by atoms with E-state index in [0.29, 0.717) is 23.1 Å². The first-order valence-corrected chi connectivity index (χ1v) is 10.9. The second-order valence-corrected chi connectivity index (χ2v) is 8.70. The molecule has 3 aromatic heterocycles. The van der Waals surface area contributed by atoms with Gasteiger partial charge in [-0.05, 0) is 57.0 Å². The highest BCUT2D eigenvalue weighted by Crippen LogP contribution is 2.37. The van der Waals surface area contributed by atoms with Crippen molar-refractivity contribution in [3.05, 3.63) is 65.2 Å². The number of carbonyl (C=O) groups excluding carboxylic acids is 1. The van der Waals surface area contributed by atoms with Crippen molar-refractivity contribution in [3.63, 3.8) is 0 Å². The van der Waals surface area contributed by atoms with Crippen molar-refractivity contribution in [2.45, 2.75) is 40.3 Å². The van der Waals surface area contributed by atoms with Crippen molar-refractivity contribution >= 4 is 32.6 Å². The molecule has 3 heterocycles. The fourth-order valence-corrected chi connectivity index (χ4v) is 4.54. The molecule has 0 saturated carbocycles. The topological polar surface area (TPSA) is 73.1 Å².